The van der Waals surface area contributed by atoms with Crippen LogP contribution < -0.4 is 4.74 Å². The number of methoxy groups -OCH3 is 1. The van der Waals surface area contributed by atoms with Crippen LogP contribution in [0.2, 0.25) is 0 Å². The zero-order chi connectivity index (χ0) is 22.4. The standard InChI is InChI=1S/C23H19N5O3S/c1-13-10-15(14(2)27(13)16-6-4-7-17(12-16)30-3)11-18-20(24)28-23(25-21(18)29)32-22(26-28)19-8-5-9-31-19/h4-12,24H,1-3H3/b18-11+,24-20?. The fraction of sp³-hybridized carbons (Fsp3) is 0.130. The second-order valence-electron chi connectivity index (χ2n) is 7.27. The van der Waals surface area contributed by atoms with Gasteiger partial charge < -0.3 is 13.7 Å². The Bertz CT molecular complexity index is 1350. The van der Waals surface area contributed by atoms with E-state index in [9.17, 15) is 4.79 Å². The molecule has 3 aromatic rings. The van der Waals surface area contributed by atoms with Crippen molar-refractivity contribution in [3.63, 3.8) is 0 Å². The van der Waals surface area contributed by atoms with Crippen LogP contribution in [0.25, 0.3) is 11.8 Å². The Hall–Kier alpha value is -3.85. The third-order valence-electron chi connectivity index (χ3n) is 5.27. The first-order chi connectivity index (χ1) is 15.5. The number of furan rings is 1. The molecule has 0 radical (unpaired) electrons. The summed E-state index contributed by atoms with van der Waals surface area (Å²) in [4.78, 5) is 16.9. The highest BCUT2D eigenvalue weighted by Gasteiger charge is 2.36. The van der Waals surface area contributed by atoms with Crippen LogP contribution in [0.1, 0.15) is 22.7 Å². The molecule has 4 heterocycles. The summed E-state index contributed by atoms with van der Waals surface area (Å²) in [5.74, 6) is 0.855. The van der Waals surface area contributed by atoms with Crippen LogP contribution in [-0.2, 0) is 4.79 Å². The number of aryl methyl sites for hydroxylation is 1. The second-order valence-corrected chi connectivity index (χ2v) is 8.22. The van der Waals surface area contributed by atoms with E-state index in [-0.39, 0.29) is 11.4 Å². The summed E-state index contributed by atoms with van der Waals surface area (Å²) in [5, 5.41) is 15.3. The lowest BCUT2D eigenvalue weighted by atomic mass is 10.1. The van der Waals surface area contributed by atoms with Gasteiger partial charge in [0.05, 0.1) is 18.9 Å². The molecule has 1 amide bonds. The van der Waals surface area contributed by atoms with Crippen LogP contribution in [0, 0.1) is 19.3 Å². The number of amides is 1. The quantitative estimate of drug-likeness (QED) is 0.602. The molecule has 2 aromatic heterocycles. The van der Waals surface area contributed by atoms with Crippen molar-refractivity contribution < 1.29 is 13.9 Å². The zero-order valence-corrected chi connectivity index (χ0v) is 18.4. The van der Waals surface area contributed by atoms with Crippen LogP contribution in [-0.4, -0.2) is 38.6 Å². The molecule has 9 heteroatoms. The summed E-state index contributed by atoms with van der Waals surface area (Å²) in [7, 11) is 1.63. The number of hydrogen-bond acceptors (Lipinski definition) is 6. The summed E-state index contributed by atoms with van der Waals surface area (Å²) in [6.07, 6.45) is 3.26. The van der Waals surface area contributed by atoms with Crippen molar-refractivity contribution in [3.05, 3.63) is 77.0 Å². The van der Waals surface area contributed by atoms with Gasteiger partial charge in [0.2, 0.25) is 5.17 Å². The number of nitrogens with zero attached hydrogens (tertiary/aromatic N) is 4. The van der Waals surface area contributed by atoms with Crippen LogP contribution in [0.3, 0.4) is 0 Å². The van der Waals surface area contributed by atoms with Crippen LogP contribution in [0.4, 0.5) is 0 Å². The largest absolute Gasteiger partial charge is 0.497 e. The molecule has 2 aliphatic heterocycles. The molecule has 160 valence electrons. The number of hydrogen-bond donors (Lipinski definition) is 1. The van der Waals surface area contributed by atoms with Gasteiger partial charge in [-0.05, 0) is 67.6 Å². The predicted octanol–water partition coefficient (Wildman–Crippen LogP) is 4.36. The van der Waals surface area contributed by atoms with Crippen molar-refractivity contribution >= 4 is 39.8 Å². The van der Waals surface area contributed by atoms with E-state index in [0.717, 1.165) is 28.4 Å². The highest BCUT2D eigenvalue weighted by Crippen LogP contribution is 2.32. The van der Waals surface area contributed by atoms with E-state index >= 15 is 0 Å². The number of aliphatic imine (C=N–C) groups is 1. The third-order valence-corrected chi connectivity index (χ3v) is 6.19. The smallest absolute Gasteiger partial charge is 0.283 e. The molecule has 0 aliphatic carbocycles. The summed E-state index contributed by atoms with van der Waals surface area (Å²) in [5.41, 5.74) is 3.91. The monoisotopic (exact) mass is 445 g/mol. The minimum atomic E-state index is -0.462. The molecule has 0 atom stereocenters. The summed E-state index contributed by atoms with van der Waals surface area (Å²) < 4.78 is 12.8. The summed E-state index contributed by atoms with van der Waals surface area (Å²) >= 11 is 1.21. The third kappa shape index (κ3) is 3.27. The average Bonchev–Trinajstić information content (AvgIpc) is 3.51. The van der Waals surface area contributed by atoms with Crippen molar-refractivity contribution in [3.8, 4) is 11.4 Å². The molecule has 0 fully saturated rings. The Labute approximate surface area is 188 Å². The molecule has 2 aliphatic rings. The number of benzene rings is 1. The molecule has 0 bridgehead atoms. The van der Waals surface area contributed by atoms with Gasteiger partial charge in [0.15, 0.2) is 16.6 Å². The first kappa shape index (κ1) is 20.1. The summed E-state index contributed by atoms with van der Waals surface area (Å²) in [6, 6.07) is 13.3. The lowest BCUT2D eigenvalue weighted by Crippen LogP contribution is -2.35. The molecule has 1 N–H and O–H groups in total. The number of hydrazone groups is 1. The lowest BCUT2D eigenvalue weighted by molar-refractivity contribution is -0.114. The van der Waals surface area contributed by atoms with Gasteiger partial charge in [0.1, 0.15) is 5.75 Å². The zero-order valence-electron chi connectivity index (χ0n) is 17.6. The van der Waals surface area contributed by atoms with Crippen LogP contribution in [0.5, 0.6) is 5.75 Å². The van der Waals surface area contributed by atoms with Gasteiger partial charge in [0.25, 0.3) is 5.91 Å². The molecular weight excluding hydrogens is 426 g/mol. The molecule has 0 saturated heterocycles. The van der Waals surface area contributed by atoms with E-state index in [1.807, 2.05) is 44.2 Å². The Morgan fingerprint density at radius 1 is 1.19 bits per heavy atom. The fourth-order valence-corrected chi connectivity index (χ4v) is 4.59. The van der Waals surface area contributed by atoms with Gasteiger partial charge in [0, 0.05) is 23.1 Å². The number of amidine groups is 2. The Kier molecular flexibility index (Phi) is 4.82. The number of aromatic nitrogens is 1. The maximum atomic E-state index is 12.8. The number of carbonyl (C=O) groups is 1. The highest BCUT2D eigenvalue weighted by atomic mass is 32.2. The minimum Gasteiger partial charge on any atom is -0.497 e. The van der Waals surface area contributed by atoms with Gasteiger partial charge in [-0.3, -0.25) is 10.2 Å². The molecule has 0 spiro atoms. The molecule has 5 rings (SSSR count). The van der Waals surface area contributed by atoms with E-state index in [1.165, 1.54) is 16.8 Å². The Morgan fingerprint density at radius 3 is 2.78 bits per heavy atom. The summed E-state index contributed by atoms with van der Waals surface area (Å²) in [6.45, 7) is 3.97. The predicted molar refractivity (Wildman–Crippen MR) is 125 cm³/mol. The van der Waals surface area contributed by atoms with E-state index in [1.54, 1.807) is 31.6 Å². The number of ether oxygens (including phenoxy) is 1. The maximum Gasteiger partial charge on any atom is 0.283 e. The van der Waals surface area contributed by atoms with E-state index in [2.05, 4.69) is 14.7 Å². The van der Waals surface area contributed by atoms with Crippen molar-refractivity contribution in [1.82, 2.24) is 9.58 Å². The van der Waals surface area contributed by atoms with E-state index in [0.29, 0.717) is 16.0 Å². The van der Waals surface area contributed by atoms with Crippen LogP contribution >= 0.6 is 11.8 Å². The molecule has 0 saturated carbocycles. The molecule has 1 aromatic carbocycles. The maximum absolute atomic E-state index is 12.8. The first-order valence-corrected chi connectivity index (χ1v) is 10.7. The number of fused-ring (bicyclic) bond motifs is 1. The van der Waals surface area contributed by atoms with Gasteiger partial charge in [-0.2, -0.15) is 15.1 Å². The molecule has 8 nitrogen and oxygen atoms in total. The minimum absolute atomic E-state index is 0.0137. The topological polar surface area (TPSA) is 96.2 Å². The molecular formula is C23H19N5O3S. The number of carbonyl (C=O) groups excluding carboxylic acids is 1. The van der Waals surface area contributed by atoms with E-state index in [4.69, 9.17) is 14.6 Å². The van der Waals surface area contributed by atoms with E-state index < -0.39 is 5.91 Å². The number of nitrogens with one attached hydrogen (secondary N) is 1. The van der Waals surface area contributed by atoms with Gasteiger partial charge in [-0.1, -0.05) is 6.07 Å². The fourth-order valence-electron chi connectivity index (χ4n) is 3.73. The van der Waals surface area contributed by atoms with Gasteiger partial charge >= 0.3 is 0 Å². The van der Waals surface area contributed by atoms with Crippen molar-refractivity contribution in [1.29, 1.82) is 5.41 Å². The lowest BCUT2D eigenvalue weighted by Gasteiger charge is -2.20. The molecule has 0 unspecified atom stereocenters. The normalized spacial score (nSPS) is 17.0. The number of rotatable bonds is 4. The van der Waals surface area contributed by atoms with Crippen molar-refractivity contribution in [2.24, 2.45) is 10.1 Å². The second kappa shape index (κ2) is 7.69. The SMILES string of the molecule is COc1cccc(-n2c(C)cc(/C=C3\C(=N)N4N=C(c5ccco5)SC4=NC3=O)c2C)c1. The van der Waals surface area contributed by atoms with Gasteiger partial charge in [-0.15, -0.1) is 0 Å². The first-order valence-electron chi connectivity index (χ1n) is 9.83. The number of thioether (sulfide) groups is 1. The average molecular weight is 446 g/mol. The van der Waals surface area contributed by atoms with Crippen LogP contribution in [0.15, 0.2) is 68.8 Å². The van der Waals surface area contributed by atoms with Crippen molar-refractivity contribution in [2.45, 2.75) is 13.8 Å². The highest BCUT2D eigenvalue weighted by molar-refractivity contribution is 8.27. The Balaban J connectivity index is 1.52. The van der Waals surface area contributed by atoms with Gasteiger partial charge in [-0.25, -0.2) is 0 Å². The van der Waals surface area contributed by atoms with Crippen molar-refractivity contribution in [2.75, 3.05) is 7.11 Å². The molecule has 32 heavy (non-hydrogen) atoms. The Morgan fingerprint density at radius 2 is 2.03 bits per heavy atom.